The highest BCUT2D eigenvalue weighted by atomic mass is 32.2. The van der Waals surface area contributed by atoms with Crippen molar-refractivity contribution >= 4 is 33.2 Å². The third-order valence-corrected chi connectivity index (χ3v) is 6.98. The second-order valence-electron chi connectivity index (χ2n) is 7.39. The van der Waals surface area contributed by atoms with Gasteiger partial charge in [-0.15, -0.1) is 0 Å². The smallest absolute Gasteiger partial charge is 0.278 e. The summed E-state index contributed by atoms with van der Waals surface area (Å²) in [5, 5.41) is 0. The maximum atomic E-state index is 13.2. The minimum Gasteiger partial charge on any atom is -0.278 e. The molecule has 158 valence electrons. The molecule has 1 aliphatic heterocycles. The number of imide groups is 1. The Hall–Kier alpha value is -2.95. The van der Waals surface area contributed by atoms with Crippen LogP contribution in [0.15, 0.2) is 47.5 Å². The third kappa shape index (κ3) is 2.72. The number of hydrogen-bond acceptors (Lipinski definition) is 5. The monoisotopic (exact) mass is 439 g/mol. The van der Waals surface area contributed by atoms with Crippen LogP contribution in [0.3, 0.4) is 0 Å². The van der Waals surface area contributed by atoms with Crippen LogP contribution in [0.25, 0.3) is 0 Å². The first-order chi connectivity index (χ1) is 13.9. The van der Waals surface area contributed by atoms with Crippen LogP contribution in [0, 0.1) is 12.8 Å². The molecule has 0 bridgehead atoms. The largest absolute Gasteiger partial charge is 0.501 e. The highest BCUT2D eigenvalue weighted by Crippen LogP contribution is 2.55. The van der Waals surface area contributed by atoms with E-state index in [1.165, 1.54) is 11.1 Å². The average Bonchev–Trinajstić information content (AvgIpc) is 3.27. The molecule has 2 heterocycles. The summed E-state index contributed by atoms with van der Waals surface area (Å²) >= 11 is 0. The number of rotatable bonds is 3. The zero-order valence-electron chi connectivity index (χ0n) is 15.8. The van der Waals surface area contributed by atoms with Crippen molar-refractivity contribution in [2.75, 3.05) is 9.80 Å². The average molecular weight is 439 g/mol. The Bertz CT molecular complexity index is 1160. The Morgan fingerprint density at radius 2 is 1.70 bits per heavy atom. The summed E-state index contributed by atoms with van der Waals surface area (Å²) in [7, 11) is -5.53. The molecule has 1 saturated heterocycles. The SMILES string of the molecule is Cc1cc(N2C(=O)N(c3ccc(S(=O)(=O)C(F)(F)F)cc3)C(=O)C23CC3C)ccn1. The lowest BCUT2D eigenvalue weighted by atomic mass is 10.1. The standard InChI is InChI=1S/C19H16F3N3O4S/c1-11-10-18(11)16(26)24(17(27)25(18)14-7-8-23-12(2)9-14)13-3-5-15(6-4-13)30(28,29)19(20,21)22/h3-9,11H,10H2,1-2H3. The van der Waals surface area contributed by atoms with Crippen molar-refractivity contribution < 1.29 is 31.2 Å². The maximum absolute atomic E-state index is 13.2. The van der Waals surface area contributed by atoms with Crippen LogP contribution in [0.5, 0.6) is 0 Å². The lowest BCUT2D eigenvalue weighted by Crippen LogP contribution is -2.39. The van der Waals surface area contributed by atoms with Gasteiger partial charge in [0.05, 0.1) is 10.6 Å². The van der Waals surface area contributed by atoms with Gasteiger partial charge in [0, 0.05) is 17.6 Å². The number of benzene rings is 1. The molecule has 1 aromatic heterocycles. The summed E-state index contributed by atoms with van der Waals surface area (Å²) in [5.41, 5.74) is -5.38. The molecule has 0 radical (unpaired) electrons. The number of sulfone groups is 1. The molecule has 30 heavy (non-hydrogen) atoms. The fraction of sp³-hybridized carbons (Fsp3) is 0.316. The number of carbonyl (C=O) groups is 2. The van der Waals surface area contributed by atoms with Gasteiger partial charge in [0.1, 0.15) is 5.54 Å². The lowest BCUT2D eigenvalue weighted by Gasteiger charge is -2.22. The van der Waals surface area contributed by atoms with Crippen molar-refractivity contribution in [3.63, 3.8) is 0 Å². The lowest BCUT2D eigenvalue weighted by molar-refractivity contribution is -0.119. The summed E-state index contributed by atoms with van der Waals surface area (Å²) in [4.78, 5) is 31.7. The molecule has 2 atom stereocenters. The number of carbonyl (C=O) groups excluding carboxylic acids is 2. The van der Waals surface area contributed by atoms with Crippen LogP contribution in [0.2, 0.25) is 0 Å². The number of aryl methyl sites for hydroxylation is 1. The maximum Gasteiger partial charge on any atom is 0.501 e. The van der Waals surface area contributed by atoms with E-state index in [0.29, 0.717) is 17.8 Å². The van der Waals surface area contributed by atoms with Gasteiger partial charge in [-0.1, -0.05) is 6.92 Å². The van der Waals surface area contributed by atoms with E-state index >= 15 is 0 Å². The molecule has 1 saturated carbocycles. The Kier molecular flexibility index (Phi) is 4.25. The number of alkyl halides is 3. The summed E-state index contributed by atoms with van der Waals surface area (Å²) < 4.78 is 61.4. The van der Waals surface area contributed by atoms with Crippen LogP contribution < -0.4 is 9.80 Å². The van der Waals surface area contributed by atoms with E-state index in [9.17, 15) is 31.2 Å². The molecule has 1 aromatic carbocycles. The molecule has 7 nitrogen and oxygen atoms in total. The number of hydrogen-bond donors (Lipinski definition) is 0. The van der Waals surface area contributed by atoms with Crippen molar-refractivity contribution in [3.05, 3.63) is 48.3 Å². The van der Waals surface area contributed by atoms with Crippen LogP contribution in [0.4, 0.5) is 29.3 Å². The van der Waals surface area contributed by atoms with Crippen LogP contribution in [0.1, 0.15) is 19.0 Å². The Labute approximate surface area is 170 Å². The minimum absolute atomic E-state index is 0.00197. The van der Waals surface area contributed by atoms with Crippen LogP contribution in [-0.2, 0) is 14.6 Å². The Balaban J connectivity index is 1.74. The number of nitrogens with zero attached hydrogens (tertiary/aromatic N) is 3. The molecule has 2 aliphatic rings. The van der Waals surface area contributed by atoms with Crippen LogP contribution >= 0.6 is 0 Å². The van der Waals surface area contributed by atoms with E-state index in [-0.39, 0.29) is 11.6 Å². The normalized spacial score (nSPS) is 24.1. The molecule has 2 fully saturated rings. The van der Waals surface area contributed by atoms with E-state index in [4.69, 9.17) is 0 Å². The molecule has 11 heteroatoms. The minimum atomic E-state index is -5.53. The highest BCUT2D eigenvalue weighted by Gasteiger charge is 2.70. The second kappa shape index (κ2) is 6.27. The van der Waals surface area contributed by atoms with Gasteiger partial charge < -0.3 is 0 Å². The van der Waals surface area contributed by atoms with Gasteiger partial charge in [-0.05, 0) is 55.7 Å². The topological polar surface area (TPSA) is 87.7 Å². The number of pyridine rings is 1. The summed E-state index contributed by atoms with van der Waals surface area (Å²) in [6.07, 6.45) is 1.96. The summed E-state index contributed by atoms with van der Waals surface area (Å²) in [5.74, 6) is -0.613. The predicted molar refractivity (Wildman–Crippen MR) is 101 cm³/mol. The number of urea groups is 1. The van der Waals surface area contributed by atoms with Gasteiger partial charge in [-0.25, -0.2) is 18.1 Å². The first-order valence-corrected chi connectivity index (χ1v) is 10.4. The first kappa shape index (κ1) is 20.3. The van der Waals surface area contributed by atoms with Crippen molar-refractivity contribution in [1.29, 1.82) is 0 Å². The van der Waals surface area contributed by atoms with E-state index in [1.807, 2.05) is 6.92 Å². The number of amides is 3. The Morgan fingerprint density at radius 1 is 1.10 bits per heavy atom. The molecule has 3 amide bonds. The van der Waals surface area contributed by atoms with Crippen molar-refractivity contribution in [1.82, 2.24) is 4.98 Å². The third-order valence-electron chi connectivity index (χ3n) is 5.48. The first-order valence-electron chi connectivity index (χ1n) is 8.94. The number of aromatic nitrogens is 1. The van der Waals surface area contributed by atoms with Gasteiger partial charge in [0.15, 0.2) is 0 Å². The van der Waals surface area contributed by atoms with Gasteiger partial charge in [0.2, 0.25) is 0 Å². The van der Waals surface area contributed by atoms with Gasteiger partial charge in [0.25, 0.3) is 15.7 Å². The van der Waals surface area contributed by atoms with Crippen LogP contribution in [-0.4, -0.2) is 36.4 Å². The number of halogens is 3. The zero-order valence-corrected chi connectivity index (χ0v) is 16.7. The van der Waals surface area contributed by atoms with Gasteiger partial charge in [-0.2, -0.15) is 13.2 Å². The predicted octanol–water partition coefficient (Wildman–Crippen LogP) is 3.44. The van der Waals surface area contributed by atoms with E-state index in [1.54, 1.807) is 19.1 Å². The van der Waals surface area contributed by atoms with E-state index in [2.05, 4.69) is 4.98 Å². The fourth-order valence-electron chi connectivity index (χ4n) is 3.81. The molecule has 1 aliphatic carbocycles. The van der Waals surface area contributed by atoms with E-state index < -0.39 is 37.7 Å². The van der Waals surface area contributed by atoms with E-state index in [0.717, 1.165) is 29.2 Å². The molecule has 0 N–H and O–H groups in total. The number of anilines is 2. The zero-order chi connectivity index (χ0) is 22.1. The molecule has 2 unspecified atom stereocenters. The summed E-state index contributed by atoms with van der Waals surface area (Å²) in [6.45, 7) is 3.57. The Morgan fingerprint density at radius 3 is 2.20 bits per heavy atom. The molecular formula is C19H16F3N3O4S. The molecule has 2 aromatic rings. The van der Waals surface area contributed by atoms with Gasteiger partial charge in [-0.3, -0.25) is 14.7 Å². The molecule has 1 spiro atoms. The molecule has 4 rings (SSSR count). The van der Waals surface area contributed by atoms with Crippen molar-refractivity contribution in [3.8, 4) is 0 Å². The fourth-order valence-corrected chi connectivity index (χ4v) is 4.57. The highest BCUT2D eigenvalue weighted by molar-refractivity contribution is 7.92. The van der Waals surface area contributed by atoms with Crippen molar-refractivity contribution in [2.24, 2.45) is 5.92 Å². The van der Waals surface area contributed by atoms with Crippen molar-refractivity contribution in [2.45, 2.75) is 36.2 Å². The molecular weight excluding hydrogens is 423 g/mol. The van der Waals surface area contributed by atoms with Gasteiger partial charge >= 0.3 is 11.5 Å². The second-order valence-corrected chi connectivity index (χ2v) is 9.33. The summed E-state index contributed by atoms with van der Waals surface area (Å²) in [6, 6.07) is 6.14. The quantitative estimate of drug-likeness (QED) is 0.684.